The summed E-state index contributed by atoms with van der Waals surface area (Å²) >= 11 is 5.47. The highest BCUT2D eigenvalue weighted by atomic mass is 35.5. The summed E-state index contributed by atoms with van der Waals surface area (Å²) in [7, 11) is -1.64. The first kappa shape index (κ1) is 12.2. The van der Waals surface area contributed by atoms with Crippen molar-refractivity contribution in [3.8, 4) is 0 Å². The molecular formula is C6H14ClNO3S. The number of nitrogens with one attached hydrogen (secondary N) is 1. The number of ether oxygens (including phenoxy) is 1. The van der Waals surface area contributed by atoms with Crippen LogP contribution in [0.15, 0.2) is 0 Å². The summed E-state index contributed by atoms with van der Waals surface area (Å²) in [6.45, 7) is 0.347. The van der Waals surface area contributed by atoms with E-state index in [1.54, 1.807) is 0 Å². The fourth-order valence-electron chi connectivity index (χ4n) is 0.812. The highest BCUT2D eigenvalue weighted by Crippen LogP contribution is 1.96. The first-order valence-electron chi connectivity index (χ1n) is 3.52. The van der Waals surface area contributed by atoms with Crippen LogP contribution >= 0.6 is 11.6 Å². The molecule has 74 valence electrons. The van der Waals surface area contributed by atoms with Crippen molar-refractivity contribution < 1.29 is 13.2 Å². The third-order valence-corrected chi connectivity index (χ3v) is 2.19. The van der Waals surface area contributed by atoms with E-state index in [0.29, 0.717) is 18.9 Å². The Morgan fingerprint density at radius 2 is 2.17 bits per heavy atom. The molecule has 0 saturated heterocycles. The Morgan fingerprint density at radius 1 is 1.58 bits per heavy atom. The van der Waals surface area contributed by atoms with Crippen molar-refractivity contribution in [2.75, 3.05) is 25.9 Å². The second kappa shape index (κ2) is 5.75. The van der Waals surface area contributed by atoms with Gasteiger partial charge in [0.05, 0.1) is 12.9 Å². The Kier molecular flexibility index (Phi) is 5.82. The van der Waals surface area contributed by atoms with Crippen LogP contribution in [0.5, 0.6) is 0 Å². The summed E-state index contributed by atoms with van der Waals surface area (Å²) in [5, 5.41) is 0. The third kappa shape index (κ3) is 6.84. The molecule has 0 aromatic rings. The lowest BCUT2D eigenvalue weighted by Crippen LogP contribution is -2.37. The van der Waals surface area contributed by atoms with Crippen molar-refractivity contribution in [2.45, 2.75) is 12.5 Å². The molecule has 1 unspecified atom stereocenters. The molecule has 6 heteroatoms. The first-order chi connectivity index (χ1) is 5.49. The van der Waals surface area contributed by atoms with Gasteiger partial charge in [0.25, 0.3) is 0 Å². The largest absolute Gasteiger partial charge is 0.383 e. The zero-order valence-electron chi connectivity index (χ0n) is 7.21. The van der Waals surface area contributed by atoms with Gasteiger partial charge in [0, 0.05) is 19.0 Å². The van der Waals surface area contributed by atoms with E-state index in [2.05, 4.69) is 4.72 Å². The van der Waals surface area contributed by atoms with E-state index in [1.165, 1.54) is 7.11 Å². The van der Waals surface area contributed by atoms with Crippen molar-refractivity contribution in [1.82, 2.24) is 4.72 Å². The smallest absolute Gasteiger partial charge is 0.209 e. The molecule has 0 spiro atoms. The molecule has 0 amide bonds. The van der Waals surface area contributed by atoms with Crippen molar-refractivity contribution >= 4 is 21.6 Å². The topological polar surface area (TPSA) is 55.4 Å². The van der Waals surface area contributed by atoms with Crippen molar-refractivity contribution in [2.24, 2.45) is 0 Å². The molecule has 0 aliphatic carbocycles. The first-order valence-corrected chi connectivity index (χ1v) is 5.94. The predicted molar refractivity (Wildman–Crippen MR) is 49.0 cm³/mol. The fraction of sp³-hybridized carbons (Fsp3) is 1.00. The van der Waals surface area contributed by atoms with Gasteiger partial charge in [0.1, 0.15) is 0 Å². The van der Waals surface area contributed by atoms with Crippen molar-refractivity contribution in [1.29, 1.82) is 0 Å². The van der Waals surface area contributed by atoms with Gasteiger partial charge in [-0.3, -0.25) is 0 Å². The number of hydrogen-bond donors (Lipinski definition) is 1. The van der Waals surface area contributed by atoms with E-state index in [-0.39, 0.29) is 6.04 Å². The zero-order chi connectivity index (χ0) is 9.61. The highest BCUT2D eigenvalue weighted by Gasteiger charge is 2.12. The molecular weight excluding hydrogens is 202 g/mol. The number of methoxy groups -OCH3 is 1. The SMILES string of the molecule is COCC(CCCl)NS(C)(=O)=O. The minimum absolute atomic E-state index is 0.220. The Balaban J connectivity index is 3.95. The number of rotatable bonds is 6. The van der Waals surface area contributed by atoms with E-state index < -0.39 is 10.0 Å². The van der Waals surface area contributed by atoms with Crippen LogP contribution in [0.4, 0.5) is 0 Å². The second-order valence-corrected chi connectivity index (χ2v) is 4.68. The summed E-state index contributed by atoms with van der Waals surface area (Å²) in [4.78, 5) is 0. The summed E-state index contributed by atoms with van der Waals surface area (Å²) in [5.74, 6) is 0.413. The molecule has 0 saturated carbocycles. The lowest BCUT2D eigenvalue weighted by Gasteiger charge is -2.14. The highest BCUT2D eigenvalue weighted by molar-refractivity contribution is 7.88. The molecule has 0 aromatic heterocycles. The predicted octanol–water partition coefficient (Wildman–Crippen LogP) is 0.180. The average molecular weight is 216 g/mol. The van der Waals surface area contributed by atoms with Gasteiger partial charge < -0.3 is 4.74 Å². The molecule has 0 aliphatic heterocycles. The number of halogens is 1. The van der Waals surface area contributed by atoms with E-state index in [4.69, 9.17) is 16.3 Å². The second-order valence-electron chi connectivity index (χ2n) is 2.52. The number of hydrogen-bond acceptors (Lipinski definition) is 3. The average Bonchev–Trinajstić information content (AvgIpc) is 1.84. The van der Waals surface area contributed by atoms with Crippen LogP contribution in [0.25, 0.3) is 0 Å². The van der Waals surface area contributed by atoms with Gasteiger partial charge >= 0.3 is 0 Å². The van der Waals surface area contributed by atoms with Gasteiger partial charge in [-0.1, -0.05) is 0 Å². The van der Waals surface area contributed by atoms with Gasteiger partial charge in [-0.15, -0.1) is 11.6 Å². The monoisotopic (exact) mass is 215 g/mol. The molecule has 0 heterocycles. The van der Waals surface area contributed by atoms with Gasteiger partial charge in [-0.25, -0.2) is 13.1 Å². The molecule has 0 rings (SSSR count). The van der Waals surface area contributed by atoms with Crippen LogP contribution in [0.2, 0.25) is 0 Å². The zero-order valence-corrected chi connectivity index (χ0v) is 8.78. The van der Waals surface area contributed by atoms with Crippen LogP contribution < -0.4 is 4.72 Å². The van der Waals surface area contributed by atoms with Gasteiger partial charge in [0.2, 0.25) is 10.0 Å². The molecule has 1 atom stereocenters. The normalized spacial score (nSPS) is 14.6. The van der Waals surface area contributed by atoms with Crippen molar-refractivity contribution in [3.05, 3.63) is 0 Å². The van der Waals surface area contributed by atoms with Gasteiger partial charge in [-0.05, 0) is 6.42 Å². The summed E-state index contributed by atoms with van der Waals surface area (Å²) in [6, 6.07) is -0.220. The van der Waals surface area contributed by atoms with Gasteiger partial charge in [0.15, 0.2) is 0 Å². The summed E-state index contributed by atoms with van der Waals surface area (Å²) < 4.78 is 28.8. The Labute approximate surface area is 78.3 Å². The summed E-state index contributed by atoms with van der Waals surface area (Å²) in [5.41, 5.74) is 0. The molecule has 0 fully saturated rings. The van der Waals surface area contributed by atoms with E-state index in [0.717, 1.165) is 6.26 Å². The molecule has 1 N–H and O–H groups in total. The molecule has 0 bridgehead atoms. The van der Waals surface area contributed by atoms with Crippen LogP contribution in [-0.2, 0) is 14.8 Å². The maximum atomic E-state index is 10.8. The quantitative estimate of drug-likeness (QED) is 0.644. The van der Waals surface area contributed by atoms with Crippen LogP contribution in [-0.4, -0.2) is 40.3 Å². The minimum atomic E-state index is -3.16. The molecule has 0 radical (unpaired) electrons. The Morgan fingerprint density at radius 3 is 2.50 bits per heavy atom. The maximum absolute atomic E-state index is 10.8. The van der Waals surface area contributed by atoms with Crippen LogP contribution in [0.3, 0.4) is 0 Å². The lowest BCUT2D eigenvalue weighted by molar-refractivity contribution is 0.173. The third-order valence-electron chi connectivity index (χ3n) is 1.21. The van der Waals surface area contributed by atoms with E-state index >= 15 is 0 Å². The Hall–Kier alpha value is 0.160. The number of alkyl halides is 1. The van der Waals surface area contributed by atoms with Crippen LogP contribution in [0, 0.1) is 0 Å². The molecule has 0 aromatic carbocycles. The van der Waals surface area contributed by atoms with Gasteiger partial charge in [-0.2, -0.15) is 0 Å². The summed E-state index contributed by atoms with van der Waals surface area (Å²) in [6.07, 6.45) is 1.69. The molecule has 4 nitrogen and oxygen atoms in total. The maximum Gasteiger partial charge on any atom is 0.209 e. The van der Waals surface area contributed by atoms with E-state index in [1.807, 2.05) is 0 Å². The Bertz CT molecular complexity index is 199. The standard InChI is InChI=1S/C6H14ClNO3S/c1-11-5-6(3-4-7)8-12(2,9)10/h6,8H,3-5H2,1-2H3. The van der Waals surface area contributed by atoms with Crippen LogP contribution in [0.1, 0.15) is 6.42 Å². The lowest BCUT2D eigenvalue weighted by atomic mass is 10.3. The molecule has 12 heavy (non-hydrogen) atoms. The minimum Gasteiger partial charge on any atom is -0.383 e. The van der Waals surface area contributed by atoms with E-state index in [9.17, 15) is 8.42 Å². The van der Waals surface area contributed by atoms with Crippen molar-refractivity contribution in [3.63, 3.8) is 0 Å². The number of sulfonamides is 1. The molecule has 0 aliphatic rings. The fourth-order valence-corrected chi connectivity index (χ4v) is 1.87.